The van der Waals surface area contributed by atoms with E-state index in [2.05, 4.69) is 32.5 Å². The second kappa shape index (κ2) is 8.83. The van der Waals surface area contributed by atoms with E-state index in [1.165, 1.54) is 28.7 Å². The molecule has 9 heteroatoms. The fourth-order valence-corrected chi connectivity index (χ4v) is 3.84. The van der Waals surface area contributed by atoms with Crippen molar-refractivity contribution >= 4 is 40.0 Å². The summed E-state index contributed by atoms with van der Waals surface area (Å²) < 4.78 is 2.47. The van der Waals surface area contributed by atoms with Crippen molar-refractivity contribution < 1.29 is 4.79 Å². The summed E-state index contributed by atoms with van der Waals surface area (Å²) >= 11 is 2.76. The number of hydrogen-bond donors (Lipinski definition) is 2. The Hall–Kier alpha value is -2.65. The van der Waals surface area contributed by atoms with Crippen molar-refractivity contribution in [2.45, 2.75) is 18.2 Å². The van der Waals surface area contributed by atoms with Gasteiger partial charge in [0, 0.05) is 12.6 Å². The van der Waals surface area contributed by atoms with Gasteiger partial charge in [0.25, 0.3) is 0 Å². The first-order chi connectivity index (χ1) is 13.0. The molecule has 1 amide bonds. The largest absolute Gasteiger partial charge is 0.357 e. The number of anilines is 2. The number of rotatable bonds is 8. The first-order valence-corrected chi connectivity index (χ1v) is 10.1. The molecule has 0 atom stereocenters. The molecule has 0 saturated carbocycles. The monoisotopic (exact) mass is 400 g/mol. The highest BCUT2D eigenvalue weighted by Gasteiger charge is 2.13. The van der Waals surface area contributed by atoms with Gasteiger partial charge in [-0.05, 0) is 26.0 Å². The lowest BCUT2D eigenvalue weighted by Gasteiger charge is -2.08. The summed E-state index contributed by atoms with van der Waals surface area (Å²) in [6.45, 7) is 8.20. The van der Waals surface area contributed by atoms with Gasteiger partial charge in [-0.1, -0.05) is 46.9 Å². The molecule has 27 heavy (non-hydrogen) atoms. The maximum atomic E-state index is 12.4. The van der Waals surface area contributed by atoms with Gasteiger partial charge < -0.3 is 10.6 Å². The Balaban J connectivity index is 1.62. The number of nitrogens with zero attached hydrogens (tertiary/aromatic N) is 4. The average Bonchev–Trinajstić information content (AvgIpc) is 3.25. The number of carbonyl (C=O) groups excluding carboxylic acids is 1. The van der Waals surface area contributed by atoms with Crippen molar-refractivity contribution in [2.24, 2.45) is 0 Å². The van der Waals surface area contributed by atoms with Crippen LogP contribution < -0.4 is 10.6 Å². The van der Waals surface area contributed by atoms with Crippen LogP contribution in [-0.4, -0.2) is 38.2 Å². The Bertz CT molecular complexity index is 932. The van der Waals surface area contributed by atoms with Crippen molar-refractivity contribution in [3.8, 4) is 5.69 Å². The van der Waals surface area contributed by atoms with E-state index >= 15 is 0 Å². The van der Waals surface area contributed by atoms with Gasteiger partial charge in [0.2, 0.25) is 11.0 Å². The van der Waals surface area contributed by atoms with Gasteiger partial charge in [0.05, 0.1) is 17.1 Å². The Morgan fingerprint density at radius 1 is 1.30 bits per heavy atom. The molecule has 0 saturated heterocycles. The lowest BCUT2D eigenvalue weighted by molar-refractivity contribution is -0.113. The Labute approximate surface area is 165 Å². The molecule has 0 bridgehead atoms. The first kappa shape index (κ1) is 19.1. The molecule has 0 fully saturated rings. The molecule has 2 N–H and O–H groups in total. The van der Waals surface area contributed by atoms with E-state index in [0.717, 1.165) is 15.7 Å². The molecule has 3 rings (SSSR count). The van der Waals surface area contributed by atoms with E-state index in [4.69, 9.17) is 0 Å². The number of benzene rings is 1. The number of thioether (sulfide) groups is 1. The third-order valence-corrected chi connectivity index (χ3v) is 5.52. The normalized spacial score (nSPS) is 10.6. The molecule has 0 unspecified atom stereocenters. The van der Waals surface area contributed by atoms with Crippen LogP contribution in [-0.2, 0) is 4.79 Å². The summed E-state index contributed by atoms with van der Waals surface area (Å²) in [4.78, 5) is 12.4. The molecule has 1 aromatic carbocycles. The van der Waals surface area contributed by atoms with Gasteiger partial charge in [-0.2, -0.15) is 5.10 Å². The number of hydrogen-bond acceptors (Lipinski definition) is 7. The molecule has 0 aliphatic rings. The van der Waals surface area contributed by atoms with Crippen LogP contribution in [0.4, 0.5) is 10.9 Å². The third kappa shape index (κ3) is 5.18. The molecule has 0 aliphatic heterocycles. The molecule has 2 aromatic heterocycles. The number of nitrogens with one attached hydrogen (secondary N) is 2. The van der Waals surface area contributed by atoms with Gasteiger partial charge in [-0.3, -0.25) is 4.79 Å². The number of aromatic nitrogens is 4. The van der Waals surface area contributed by atoms with Crippen molar-refractivity contribution in [3.05, 3.63) is 54.2 Å². The zero-order chi connectivity index (χ0) is 19.2. The fraction of sp³-hybridized carbons (Fsp3) is 0.222. The summed E-state index contributed by atoms with van der Waals surface area (Å²) in [5.41, 5.74) is 2.91. The van der Waals surface area contributed by atoms with E-state index in [9.17, 15) is 4.79 Å². The second-order valence-electron chi connectivity index (χ2n) is 5.80. The van der Waals surface area contributed by atoms with Gasteiger partial charge in [-0.15, -0.1) is 16.8 Å². The van der Waals surface area contributed by atoms with E-state index < -0.39 is 0 Å². The Kier molecular flexibility index (Phi) is 6.25. The average molecular weight is 401 g/mol. The van der Waals surface area contributed by atoms with E-state index in [1.807, 2.05) is 44.2 Å². The van der Waals surface area contributed by atoms with Crippen LogP contribution >= 0.6 is 23.1 Å². The van der Waals surface area contributed by atoms with Crippen molar-refractivity contribution in [1.82, 2.24) is 20.0 Å². The minimum absolute atomic E-state index is 0.121. The van der Waals surface area contributed by atoms with Crippen LogP contribution in [0.2, 0.25) is 0 Å². The van der Waals surface area contributed by atoms with Crippen LogP contribution in [0.15, 0.2) is 47.3 Å². The van der Waals surface area contributed by atoms with Crippen molar-refractivity contribution in [1.29, 1.82) is 0 Å². The van der Waals surface area contributed by atoms with E-state index in [-0.39, 0.29) is 11.7 Å². The molecule has 0 radical (unpaired) electrons. The molecule has 3 aromatic rings. The molecule has 0 aliphatic carbocycles. The zero-order valence-electron chi connectivity index (χ0n) is 15.1. The summed E-state index contributed by atoms with van der Waals surface area (Å²) in [6.07, 6.45) is 1.75. The SMILES string of the molecule is C=CCNc1nnc(SCC(=O)Nc2cc(C)nn2-c2ccc(C)cc2)s1. The summed E-state index contributed by atoms with van der Waals surface area (Å²) in [5.74, 6) is 0.769. The zero-order valence-corrected chi connectivity index (χ0v) is 16.7. The maximum absolute atomic E-state index is 12.4. The minimum atomic E-state index is -0.121. The van der Waals surface area contributed by atoms with E-state index in [1.54, 1.807) is 10.8 Å². The molecular formula is C18H20N6OS2. The van der Waals surface area contributed by atoms with E-state index in [0.29, 0.717) is 17.5 Å². The number of aryl methyl sites for hydroxylation is 2. The topological polar surface area (TPSA) is 84.7 Å². The highest BCUT2D eigenvalue weighted by Crippen LogP contribution is 2.25. The van der Waals surface area contributed by atoms with Crippen LogP contribution in [0.1, 0.15) is 11.3 Å². The van der Waals surface area contributed by atoms with Gasteiger partial charge in [0.15, 0.2) is 4.34 Å². The van der Waals surface area contributed by atoms with Gasteiger partial charge in [0.1, 0.15) is 5.82 Å². The quantitative estimate of drug-likeness (QED) is 0.443. The first-order valence-electron chi connectivity index (χ1n) is 8.30. The third-order valence-electron chi connectivity index (χ3n) is 3.51. The molecular weight excluding hydrogens is 380 g/mol. The van der Waals surface area contributed by atoms with Gasteiger partial charge >= 0.3 is 0 Å². The predicted octanol–water partition coefficient (Wildman–Crippen LogP) is 3.67. The standard InChI is InChI=1S/C18H20N6OS2/c1-4-9-19-17-21-22-18(27-17)26-11-16(25)20-15-10-13(3)23-24(15)14-7-5-12(2)6-8-14/h4-8,10H,1,9,11H2,2-3H3,(H,19,21)(H,20,25). The van der Waals surface area contributed by atoms with Crippen molar-refractivity contribution in [2.75, 3.05) is 22.9 Å². The summed E-state index contributed by atoms with van der Waals surface area (Å²) in [5, 5.41) is 19.3. The highest BCUT2D eigenvalue weighted by atomic mass is 32.2. The Morgan fingerprint density at radius 2 is 2.07 bits per heavy atom. The lowest BCUT2D eigenvalue weighted by Crippen LogP contribution is -2.16. The molecule has 0 spiro atoms. The van der Waals surface area contributed by atoms with Crippen LogP contribution in [0.5, 0.6) is 0 Å². The lowest BCUT2D eigenvalue weighted by atomic mass is 10.2. The molecule has 140 valence electrons. The predicted molar refractivity (Wildman–Crippen MR) is 111 cm³/mol. The Morgan fingerprint density at radius 3 is 2.81 bits per heavy atom. The summed E-state index contributed by atoms with van der Waals surface area (Å²) in [6, 6.07) is 9.84. The highest BCUT2D eigenvalue weighted by molar-refractivity contribution is 8.01. The smallest absolute Gasteiger partial charge is 0.235 e. The number of carbonyl (C=O) groups is 1. The van der Waals surface area contributed by atoms with Crippen LogP contribution in [0.25, 0.3) is 5.69 Å². The fourth-order valence-electron chi connectivity index (χ4n) is 2.28. The molecule has 2 heterocycles. The minimum Gasteiger partial charge on any atom is -0.357 e. The number of amides is 1. The van der Waals surface area contributed by atoms with Crippen LogP contribution in [0.3, 0.4) is 0 Å². The summed E-state index contributed by atoms with van der Waals surface area (Å²) in [7, 11) is 0. The second-order valence-corrected chi connectivity index (χ2v) is 8.00. The molecule has 7 nitrogen and oxygen atoms in total. The maximum Gasteiger partial charge on any atom is 0.235 e. The van der Waals surface area contributed by atoms with Gasteiger partial charge in [-0.25, -0.2) is 4.68 Å². The van der Waals surface area contributed by atoms with Crippen LogP contribution in [0, 0.1) is 13.8 Å². The van der Waals surface area contributed by atoms with Crippen molar-refractivity contribution in [3.63, 3.8) is 0 Å².